The highest BCUT2D eigenvalue weighted by atomic mass is 32.1. The number of unbranched alkanes of at least 4 members (excludes halogenated alkanes) is 22. The summed E-state index contributed by atoms with van der Waals surface area (Å²) in [5, 5.41) is 0. The van der Waals surface area contributed by atoms with E-state index in [1.165, 1.54) is 141 Å². The van der Waals surface area contributed by atoms with Gasteiger partial charge in [-0.3, -0.25) is 0 Å². The van der Waals surface area contributed by atoms with Gasteiger partial charge in [0.1, 0.15) is 0 Å². The molecule has 0 saturated heterocycles. The van der Waals surface area contributed by atoms with Crippen LogP contribution in [0.3, 0.4) is 0 Å². The summed E-state index contributed by atoms with van der Waals surface area (Å²) in [5.74, 6) is 1.06. The van der Waals surface area contributed by atoms with Crippen molar-refractivity contribution in [3.63, 3.8) is 0 Å². The third-order valence-electron chi connectivity index (χ3n) is 5.99. The van der Waals surface area contributed by atoms with Crippen LogP contribution in [0.25, 0.3) is 0 Å². The second-order valence-electron chi connectivity index (χ2n) is 8.83. The Labute approximate surface area is 188 Å². The van der Waals surface area contributed by atoms with E-state index in [2.05, 4.69) is 17.6 Å². The normalized spacial score (nSPS) is 10.9. The van der Waals surface area contributed by atoms with E-state index in [0.717, 1.165) is 12.2 Å². The average molecular weight is 426 g/mol. The molecule has 2 nitrogen and oxygen atoms in total. The minimum atomic E-state index is 0.668. The van der Waals surface area contributed by atoms with E-state index < -0.39 is 0 Å². The fourth-order valence-corrected chi connectivity index (χ4v) is 4.28. The summed E-state index contributed by atoms with van der Waals surface area (Å²) in [4.78, 5) is 13.5. The van der Waals surface area contributed by atoms with Crippen LogP contribution in [0.4, 0.5) is 0 Å². The van der Waals surface area contributed by atoms with E-state index in [9.17, 15) is 4.79 Å². The summed E-state index contributed by atoms with van der Waals surface area (Å²) in [5.41, 5.74) is 0. The van der Waals surface area contributed by atoms with Crippen LogP contribution in [0.15, 0.2) is 4.99 Å². The molecule has 172 valence electrons. The molecule has 0 aliphatic heterocycles. The second kappa shape index (κ2) is 27.7. The van der Waals surface area contributed by atoms with Crippen molar-refractivity contribution < 1.29 is 4.79 Å². The molecule has 3 heteroatoms. The molecule has 0 heterocycles. The third-order valence-corrected chi connectivity index (χ3v) is 6.31. The number of rotatable bonds is 25. The van der Waals surface area contributed by atoms with Crippen molar-refractivity contribution in [2.24, 2.45) is 4.99 Å². The van der Waals surface area contributed by atoms with Crippen LogP contribution in [0, 0.1) is 0 Å². The van der Waals surface area contributed by atoms with Crippen molar-refractivity contribution in [3.05, 3.63) is 0 Å². The van der Waals surface area contributed by atoms with Gasteiger partial charge in [0.2, 0.25) is 6.08 Å². The molecule has 0 N–H and O–H groups in total. The maximum absolute atomic E-state index is 9.94. The molecule has 0 unspecified atom stereocenters. The van der Waals surface area contributed by atoms with Crippen molar-refractivity contribution in [2.75, 3.05) is 12.3 Å². The van der Waals surface area contributed by atoms with E-state index >= 15 is 0 Å². The Balaban J connectivity index is 2.99. The number of thiol groups is 1. The van der Waals surface area contributed by atoms with Gasteiger partial charge in [0.15, 0.2) is 0 Å². The SMILES string of the molecule is O=C=NCCCCCCCCCCCCCCCCCCCCCCCCCS. The standard InChI is InChI=1S/C26H51NOS/c28-26-27-24-22-20-18-16-14-12-10-8-6-4-2-1-3-5-7-9-11-13-15-17-19-21-23-25-29/h29H,1-25H2. The van der Waals surface area contributed by atoms with Gasteiger partial charge < -0.3 is 0 Å². The van der Waals surface area contributed by atoms with Crippen molar-refractivity contribution in [1.82, 2.24) is 0 Å². The van der Waals surface area contributed by atoms with E-state index in [-0.39, 0.29) is 0 Å². The van der Waals surface area contributed by atoms with Gasteiger partial charge in [0.25, 0.3) is 0 Å². The number of isocyanates is 1. The zero-order chi connectivity index (χ0) is 21.1. The summed E-state index contributed by atoms with van der Waals surface area (Å²) < 4.78 is 0. The maximum atomic E-state index is 9.94. The Bertz CT molecular complexity index is 342. The highest BCUT2D eigenvalue weighted by Gasteiger charge is 1.96. The van der Waals surface area contributed by atoms with E-state index in [1.807, 2.05) is 0 Å². The number of nitrogens with zero attached hydrogens (tertiary/aromatic N) is 1. The Morgan fingerprint density at radius 3 is 0.897 bits per heavy atom. The summed E-state index contributed by atoms with van der Waals surface area (Å²) in [6.45, 7) is 0.668. The van der Waals surface area contributed by atoms with Crippen LogP contribution in [0.2, 0.25) is 0 Å². The lowest BCUT2D eigenvalue weighted by Gasteiger charge is -2.04. The van der Waals surface area contributed by atoms with Crippen molar-refractivity contribution in [2.45, 2.75) is 148 Å². The van der Waals surface area contributed by atoms with Crippen molar-refractivity contribution in [3.8, 4) is 0 Å². The molecule has 0 aliphatic carbocycles. The van der Waals surface area contributed by atoms with Crippen molar-refractivity contribution in [1.29, 1.82) is 0 Å². The number of hydrogen-bond donors (Lipinski definition) is 1. The average Bonchev–Trinajstić information content (AvgIpc) is 2.74. The van der Waals surface area contributed by atoms with E-state index in [4.69, 9.17) is 0 Å². The lowest BCUT2D eigenvalue weighted by Crippen LogP contribution is -1.85. The van der Waals surface area contributed by atoms with Crippen molar-refractivity contribution >= 4 is 18.7 Å². The molecule has 0 radical (unpaired) electrons. The Kier molecular flexibility index (Phi) is 27.5. The van der Waals surface area contributed by atoms with Crippen LogP contribution < -0.4 is 0 Å². The topological polar surface area (TPSA) is 29.4 Å². The molecule has 0 atom stereocenters. The molecule has 0 saturated carbocycles. The largest absolute Gasteiger partial charge is 0.234 e. The first-order valence-electron chi connectivity index (χ1n) is 13.1. The minimum absolute atomic E-state index is 0.668. The van der Waals surface area contributed by atoms with E-state index in [1.54, 1.807) is 6.08 Å². The molecular formula is C26H51NOS. The van der Waals surface area contributed by atoms with Gasteiger partial charge in [-0.2, -0.15) is 12.6 Å². The molecule has 0 rings (SSSR count). The first-order chi connectivity index (χ1) is 14.4. The Hall–Kier alpha value is -0.270. The molecule has 0 bridgehead atoms. The Morgan fingerprint density at radius 2 is 0.655 bits per heavy atom. The zero-order valence-electron chi connectivity index (χ0n) is 19.5. The van der Waals surface area contributed by atoms with Gasteiger partial charge in [-0.15, -0.1) is 0 Å². The lowest BCUT2D eigenvalue weighted by molar-refractivity contribution is 0.518. The summed E-state index contributed by atoms with van der Waals surface area (Å²) in [7, 11) is 0. The van der Waals surface area contributed by atoms with Gasteiger partial charge in [-0.05, 0) is 18.6 Å². The van der Waals surface area contributed by atoms with Gasteiger partial charge in [0, 0.05) is 0 Å². The first-order valence-corrected chi connectivity index (χ1v) is 13.7. The van der Waals surface area contributed by atoms with Gasteiger partial charge in [-0.25, -0.2) is 9.79 Å². The highest BCUT2D eigenvalue weighted by molar-refractivity contribution is 7.80. The predicted molar refractivity (Wildman–Crippen MR) is 133 cm³/mol. The number of hydrogen-bond acceptors (Lipinski definition) is 3. The molecule has 0 amide bonds. The van der Waals surface area contributed by atoms with Crippen LogP contribution >= 0.6 is 12.6 Å². The smallest absolute Gasteiger partial charge is 0.211 e. The third kappa shape index (κ3) is 27.7. The predicted octanol–water partition coefficient (Wildman–Crippen LogP) is 9.22. The van der Waals surface area contributed by atoms with Crippen LogP contribution in [-0.2, 0) is 4.79 Å². The fraction of sp³-hybridized carbons (Fsp3) is 0.962. The van der Waals surface area contributed by atoms with Crippen LogP contribution in [0.5, 0.6) is 0 Å². The van der Waals surface area contributed by atoms with Crippen LogP contribution in [0.1, 0.15) is 148 Å². The molecule has 29 heavy (non-hydrogen) atoms. The molecule has 0 aliphatic rings. The summed E-state index contributed by atoms with van der Waals surface area (Å²) in [6, 6.07) is 0. The number of carbonyl (C=O) groups excluding carboxylic acids is 1. The Morgan fingerprint density at radius 1 is 0.414 bits per heavy atom. The van der Waals surface area contributed by atoms with Gasteiger partial charge in [0.05, 0.1) is 6.54 Å². The molecular weight excluding hydrogens is 374 g/mol. The summed E-state index contributed by atoms with van der Waals surface area (Å²) >= 11 is 4.26. The lowest BCUT2D eigenvalue weighted by atomic mass is 10.0. The quantitative estimate of drug-likeness (QED) is 0.0671. The second-order valence-corrected chi connectivity index (χ2v) is 9.28. The number of aliphatic imine (C=N–C) groups is 1. The molecule has 0 fully saturated rings. The first kappa shape index (κ1) is 28.7. The molecule has 0 aromatic carbocycles. The molecule has 0 aromatic heterocycles. The fourth-order valence-electron chi connectivity index (χ4n) is 4.06. The van der Waals surface area contributed by atoms with Gasteiger partial charge in [-0.1, -0.05) is 135 Å². The molecule has 0 aromatic rings. The van der Waals surface area contributed by atoms with E-state index in [0.29, 0.717) is 6.54 Å². The monoisotopic (exact) mass is 425 g/mol. The molecule has 0 spiro atoms. The summed E-state index contributed by atoms with van der Waals surface area (Å²) in [6.07, 6.45) is 33.7. The maximum Gasteiger partial charge on any atom is 0.234 e. The zero-order valence-corrected chi connectivity index (χ0v) is 20.4. The van der Waals surface area contributed by atoms with Crippen LogP contribution in [-0.4, -0.2) is 18.4 Å². The highest BCUT2D eigenvalue weighted by Crippen LogP contribution is 2.15. The van der Waals surface area contributed by atoms with Gasteiger partial charge >= 0.3 is 0 Å². The minimum Gasteiger partial charge on any atom is -0.211 e.